The molecule has 0 saturated heterocycles. The Morgan fingerprint density at radius 2 is 1.83 bits per heavy atom. The maximum Gasteiger partial charge on any atom is 0.375 e. The Bertz CT molecular complexity index is 497. The first-order valence-electron chi connectivity index (χ1n) is 5.14. The van der Waals surface area contributed by atoms with Gasteiger partial charge >= 0.3 is 5.97 Å². The molecule has 1 rings (SSSR count). The van der Waals surface area contributed by atoms with Gasteiger partial charge in [-0.15, -0.1) is 0 Å². The zero-order valence-electron chi connectivity index (χ0n) is 9.54. The smallest absolute Gasteiger partial charge is 0.375 e. The minimum atomic E-state index is -1.19. The lowest BCUT2D eigenvalue weighted by atomic mass is 10.1. The summed E-state index contributed by atoms with van der Waals surface area (Å²) < 4.78 is 29.9. The zero-order valence-corrected chi connectivity index (χ0v) is 9.54. The predicted molar refractivity (Wildman–Crippen MR) is 56.9 cm³/mol. The molecule has 1 aromatic rings. The molecule has 0 saturated carbocycles. The molecule has 18 heavy (non-hydrogen) atoms. The van der Waals surface area contributed by atoms with Crippen LogP contribution in [0.2, 0.25) is 0 Å². The van der Waals surface area contributed by atoms with Crippen molar-refractivity contribution in [2.24, 2.45) is 0 Å². The molecule has 0 N–H and O–H groups in total. The molecule has 0 heterocycles. The first-order valence-corrected chi connectivity index (χ1v) is 5.14. The van der Waals surface area contributed by atoms with Crippen LogP contribution in [-0.4, -0.2) is 24.1 Å². The summed E-state index contributed by atoms with van der Waals surface area (Å²) in [5, 5.41) is 0. The van der Waals surface area contributed by atoms with Crippen LogP contribution in [0.15, 0.2) is 18.2 Å². The highest BCUT2D eigenvalue weighted by atomic mass is 19.2. The zero-order chi connectivity index (χ0) is 13.7. The summed E-state index contributed by atoms with van der Waals surface area (Å²) in [5.74, 6) is -5.19. The highest BCUT2D eigenvalue weighted by Gasteiger charge is 2.20. The standard InChI is InChI=1S/C12H10F2O4/c1-2-18-12(17)11(16)6-10(15)7-3-4-8(13)9(14)5-7/h3-5H,2,6H2,1H3. The highest BCUT2D eigenvalue weighted by Crippen LogP contribution is 2.11. The van der Waals surface area contributed by atoms with Gasteiger partial charge in [-0.05, 0) is 25.1 Å². The molecular weight excluding hydrogens is 246 g/mol. The number of esters is 1. The van der Waals surface area contributed by atoms with E-state index in [2.05, 4.69) is 4.74 Å². The number of benzene rings is 1. The van der Waals surface area contributed by atoms with Gasteiger partial charge in [0.2, 0.25) is 5.78 Å². The summed E-state index contributed by atoms with van der Waals surface area (Å²) in [6.45, 7) is 1.53. The lowest BCUT2D eigenvalue weighted by Gasteiger charge is -2.01. The first kappa shape index (κ1) is 14.0. The van der Waals surface area contributed by atoms with Crippen molar-refractivity contribution in [3.8, 4) is 0 Å². The first-order chi connectivity index (χ1) is 8.45. The van der Waals surface area contributed by atoms with E-state index in [1.165, 1.54) is 6.92 Å². The van der Waals surface area contributed by atoms with E-state index in [-0.39, 0.29) is 12.2 Å². The number of rotatable bonds is 5. The van der Waals surface area contributed by atoms with E-state index in [1.54, 1.807) is 0 Å². The number of ether oxygens (including phenoxy) is 1. The molecule has 6 heteroatoms. The van der Waals surface area contributed by atoms with Gasteiger partial charge in [0.05, 0.1) is 13.0 Å². The Morgan fingerprint density at radius 1 is 1.17 bits per heavy atom. The van der Waals surface area contributed by atoms with Crippen LogP contribution in [0.5, 0.6) is 0 Å². The van der Waals surface area contributed by atoms with Gasteiger partial charge in [0.15, 0.2) is 17.4 Å². The van der Waals surface area contributed by atoms with E-state index >= 15 is 0 Å². The van der Waals surface area contributed by atoms with Crippen LogP contribution in [0.3, 0.4) is 0 Å². The van der Waals surface area contributed by atoms with E-state index in [9.17, 15) is 23.2 Å². The topological polar surface area (TPSA) is 60.4 Å². The van der Waals surface area contributed by atoms with Crippen LogP contribution < -0.4 is 0 Å². The van der Waals surface area contributed by atoms with E-state index in [0.717, 1.165) is 12.1 Å². The molecule has 0 radical (unpaired) electrons. The minimum Gasteiger partial charge on any atom is -0.460 e. The summed E-state index contributed by atoms with van der Waals surface area (Å²) in [4.78, 5) is 33.7. The molecule has 0 bridgehead atoms. The number of carbonyl (C=O) groups excluding carboxylic acids is 3. The molecule has 0 spiro atoms. The van der Waals surface area contributed by atoms with Crippen molar-refractivity contribution in [3.63, 3.8) is 0 Å². The monoisotopic (exact) mass is 256 g/mol. The third-order valence-corrected chi connectivity index (χ3v) is 2.07. The van der Waals surface area contributed by atoms with Gasteiger partial charge in [0, 0.05) is 5.56 Å². The Kier molecular flexibility index (Phi) is 4.65. The average Bonchev–Trinajstić information content (AvgIpc) is 2.32. The van der Waals surface area contributed by atoms with Crippen LogP contribution in [-0.2, 0) is 14.3 Å². The summed E-state index contributed by atoms with van der Waals surface area (Å²) in [5.41, 5.74) is -0.174. The lowest BCUT2D eigenvalue weighted by Crippen LogP contribution is -2.20. The van der Waals surface area contributed by atoms with Gasteiger partial charge in [0.25, 0.3) is 0 Å². The molecule has 0 aliphatic heterocycles. The Hall–Kier alpha value is -2.11. The van der Waals surface area contributed by atoms with Crippen LogP contribution >= 0.6 is 0 Å². The number of hydrogen-bond acceptors (Lipinski definition) is 4. The quantitative estimate of drug-likeness (QED) is 0.348. The van der Waals surface area contributed by atoms with Crippen molar-refractivity contribution in [1.82, 2.24) is 0 Å². The van der Waals surface area contributed by atoms with E-state index in [4.69, 9.17) is 0 Å². The fourth-order valence-corrected chi connectivity index (χ4v) is 1.20. The number of ketones is 2. The van der Waals surface area contributed by atoms with Gasteiger partial charge in [-0.3, -0.25) is 9.59 Å². The number of carbonyl (C=O) groups is 3. The molecule has 0 aromatic heterocycles. The molecule has 0 fully saturated rings. The summed E-state index contributed by atoms with van der Waals surface area (Å²) in [6.07, 6.45) is -0.732. The van der Waals surface area contributed by atoms with Crippen LogP contribution in [0, 0.1) is 11.6 Å². The van der Waals surface area contributed by atoms with Gasteiger partial charge in [0.1, 0.15) is 0 Å². The van der Waals surface area contributed by atoms with Crippen molar-refractivity contribution >= 4 is 17.5 Å². The highest BCUT2D eigenvalue weighted by molar-refractivity contribution is 6.38. The number of Topliss-reactive ketones (excluding diaryl/α,β-unsaturated/α-hetero) is 2. The third-order valence-electron chi connectivity index (χ3n) is 2.07. The predicted octanol–water partition coefficient (Wildman–Crippen LogP) is 1.67. The molecule has 0 atom stereocenters. The van der Waals surface area contributed by atoms with Crippen molar-refractivity contribution in [1.29, 1.82) is 0 Å². The van der Waals surface area contributed by atoms with E-state index < -0.39 is 35.6 Å². The number of halogens is 2. The Labute approximate surface area is 102 Å². The molecule has 1 aromatic carbocycles. The van der Waals surface area contributed by atoms with Gasteiger partial charge in [-0.1, -0.05) is 0 Å². The molecule has 0 unspecified atom stereocenters. The van der Waals surface area contributed by atoms with Gasteiger partial charge in [-0.25, -0.2) is 13.6 Å². The fourth-order valence-electron chi connectivity index (χ4n) is 1.20. The van der Waals surface area contributed by atoms with Crippen LogP contribution in [0.1, 0.15) is 23.7 Å². The SMILES string of the molecule is CCOC(=O)C(=O)CC(=O)c1ccc(F)c(F)c1. The second-order valence-corrected chi connectivity index (χ2v) is 3.37. The Balaban J connectivity index is 2.73. The van der Waals surface area contributed by atoms with Crippen molar-refractivity contribution in [3.05, 3.63) is 35.4 Å². The minimum absolute atomic E-state index is 0.0178. The fraction of sp³-hybridized carbons (Fsp3) is 0.250. The molecule has 0 aliphatic rings. The largest absolute Gasteiger partial charge is 0.460 e. The summed E-state index contributed by atoms with van der Waals surface area (Å²) >= 11 is 0. The van der Waals surface area contributed by atoms with Crippen molar-refractivity contribution in [2.45, 2.75) is 13.3 Å². The third kappa shape index (κ3) is 3.44. The second kappa shape index (κ2) is 6.00. The molecular formula is C12H10F2O4. The van der Waals surface area contributed by atoms with Gasteiger partial charge < -0.3 is 4.74 Å². The molecule has 0 aliphatic carbocycles. The summed E-state index contributed by atoms with van der Waals surface area (Å²) in [7, 11) is 0. The van der Waals surface area contributed by atoms with Crippen molar-refractivity contribution < 1.29 is 27.9 Å². The van der Waals surface area contributed by atoms with Gasteiger partial charge in [-0.2, -0.15) is 0 Å². The summed E-state index contributed by atoms with van der Waals surface area (Å²) in [6, 6.07) is 2.49. The Morgan fingerprint density at radius 3 is 2.39 bits per heavy atom. The van der Waals surface area contributed by atoms with E-state index in [1.807, 2.05) is 0 Å². The maximum atomic E-state index is 12.9. The average molecular weight is 256 g/mol. The lowest BCUT2D eigenvalue weighted by molar-refractivity contribution is -0.153. The number of hydrogen-bond donors (Lipinski definition) is 0. The molecule has 96 valence electrons. The van der Waals surface area contributed by atoms with Crippen molar-refractivity contribution in [2.75, 3.05) is 6.61 Å². The normalized spacial score (nSPS) is 9.94. The molecule has 4 nitrogen and oxygen atoms in total. The van der Waals surface area contributed by atoms with E-state index in [0.29, 0.717) is 6.07 Å². The molecule has 0 amide bonds. The van der Waals surface area contributed by atoms with Crippen LogP contribution in [0.4, 0.5) is 8.78 Å². The second-order valence-electron chi connectivity index (χ2n) is 3.37. The van der Waals surface area contributed by atoms with Crippen LogP contribution in [0.25, 0.3) is 0 Å². The maximum absolute atomic E-state index is 12.9.